The number of hydrogen-bond donors (Lipinski definition) is 1. The summed E-state index contributed by atoms with van der Waals surface area (Å²) in [4.78, 5) is 12.3. The summed E-state index contributed by atoms with van der Waals surface area (Å²) in [6.07, 6.45) is 5.93. The first-order valence-electron chi connectivity index (χ1n) is 8.62. The van der Waals surface area contributed by atoms with Crippen LogP contribution in [0, 0.1) is 0 Å². The van der Waals surface area contributed by atoms with Gasteiger partial charge in [-0.25, -0.2) is 9.98 Å². The van der Waals surface area contributed by atoms with Gasteiger partial charge in [0.25, 0.3) is 0 Å². The third-order valence-corrected chi connectivity index (χ3v) is 6.05. The molecule has 0 saturated heterocycles. The van der Waals surface area contributed by atoms with Gasteiger partial charge in [0.2, 0.25) is 5.75 Å². The van der Waals surface area contributed by atoms with Crippen molar-refractivity contribution < 1.29 is 28.2 Å². The molecule has 152 valence electrons. The van der Waals surface area contributed by atoms with E-state index in [0.717, 1.165) is 0 Å². The fourth-order valence-electron chi connectivity index (χ4n) is 2.50. The summed E-state index contributed by atoms with van der Waals surface area (Å²) in [5.74, 6) is 0.490. The Bertz CT molecular complexity index is 811. The lowest BCUT2D eigenvalue weighted by atomic mass is 10.1. The van der Waals surface area contributed by atoms with E-state index in [1.165, 1.54) is 51.2 Å². The maximum absolute atomic E-state index is 13.5. The number of ether oxygens (including phenoxy) is 2. The molecule has 0 bridgehead atoms. The molecule has 9 nitrogen and oxygen atoms in total. The summed E-state index contributed by atoms with van der Waals surface area (Å²) in [7, 11) is -0.838. The minimum atomic E-state index is -3.65. The Labute approximate surface area is 163 Å². The lowest BCUT2D eigenvalue weighted by molar-refractivity contribution is 0.217. The van der Waals surface area contributed by atoms with Gasteiger partial charge < -0.3 is 23.6 Å². The van der Waals surface area contributed by atoms with Gasteiger partial charge in [0.1, 0.15) is 5.66 Å². The van der Waals surface area contributed by atoms with Crippen molar-refractivity contribution in [2.75, 3.05) is 27.4 Å². The lowest BCUT2D eigenvalue weighted by Crippen LogP contribution is -2.09. The van der Waals surface area contributed by atoms with Crippen molar-refractivity contribution in [3.8, 4) is 17.2 Å². The molecule has 1 N–H and O–H groups in total. The average Bonchev–Trinajstić information content (AvgIpc) is 2.70. The minimum Gasteiger partial charge on any atom is -0.502 e. The molecule has 0 aliphatic rings. The van der Waals surface area contributed by atoms with Gasteiger partial charge in [-0.15, -0.1) is 0 Å². The first kappa shape index (κ1) is 21.8. The van der Waals surface area contributed by atoms with Gasteiger partial charge in [0.15, 0.2) is 17.3 Å². The van der Waals surface area contributed by atoms with E-state index < -0.39 is 13.3 Å². The minimum absolute atomic E-state index is 0.159. The molecular formula is C18H24N3O6P. The zero-order chi connectivity index (χ0) is 20.6. The van der Waals surface area contributed by atoms with Crippen LogP contribution in [0.25, 0.3) is 0 Å². The maximum Gasteiger partial charge on any atom is 0.343 e. The van der Waals surface area contributed by atoms with Gasteiger partial charge in [-0.3, -0.25) is 9.55 Å². The van der Waals surface area contributed by atoms with Crippen molar-refractivity contribution in [3.05, 3.63) is 36.3 Å². The zero-order valence-electron chi connectivity index (χ0n) is 16.2. The smallest absolute Gasteiger partial charge is 0.343 e. The molecular weight excluding hydrogens is 385 g/mol. The number of nitrogens with zero attached hydrogens (tertiary/aromatic N) is 3. The number of aliphatic imine (C=N–C) groups is 1. The molecule has 0 amide bonds. The van der Waals surface area contributed by atoms with Gasteiger partial charge in [0, 0.05) is 18.6 Å². The first-order valence-corrected chi connectivity index (χ1v) is 10.2. The number of phenolic OH excluding ortho intramolecular Hbond substituents is 1. The highest BCUT2D eigenvalue weighted by Gasteiger charge is 2.37. The number of phenols is 1. The van der Waals surface area contributed by atoms with E-state index in [-0.39, 0.29) is 30.5 Å². The summed E-state index contributed by atoms with van der Waals surface area (Å²) in [6, 6.07) is 3.08. The van der Waals surface area contributed by atoms with Crippen molar-refractivity contribution >= 4 is 19.6 Å². The molecule has 1 unspecified atom stereocenters. The molecule has 1 heterocycles. The van der Waals surface area contributed by atoms with Crippen LogP contribution in [-0.4, -0.2) is 48.7 Å². The van der Waals surface area contributed by atoms with Crippen LogP contribution < -0.4 is 9.47 Å². The van der Waals surface area contributed by atoms with E-state index in [1.54, 1.807) is 13.8 Å². The number of aromatic nitrogens is 2. The average molecular weight is 409 g/mol. The Balaban J connectivity index is 2.60. The monoisotopic (exact) mass is 409 g/mol. The Morgan fingerprint density at radius 1 is 1.14 bits per heavy atom. The number of benzene rings is 1. The number of hydrogen-bond acceptors (Lipinski definition) is 9. The molecule has 0 saturated carbocycles. The van der Waals surface area contributed by atoms with E-state index in [2.05, 4.69) is 15.0 Å². The van der Waals surface area contributed by atoms with Crippen molar-refractivity contribution in [2.24, 2.45) is 4.99 Å². The molecule has 2 rings (SSSR count). The molecule has 0 fully saturated rings. The fraction of sp³-hybridized carbons (Fsp3) is 0.389. The molecule has 1 aromatic carbocycles. The first-order chi connectivity index (χ1) is 13.5. The highest BCUT2D eigenvalue weighted by molar-refractivity contribution is 7.55. The Hall–Kier alpha value is -2.48. The zero-order valence-corrected chi connectivity index (χ0v) is 17.1. The number of methoxy groups -OCH3 is 2. The second kappa shape index (κ2) is 10.2. The Morgan fingerprint density at radius 2 is 1.75 bits per heavy atom. The summed E-state index contributed by atoms with van der Waals surface area (Å²) in [6.45, 7) is 3.80. The van der Waals surface area contributed by atoms with Crippen LogP contribution in [0.1, 0.15) is 25.1 Å². The quantitative estimate of drug-likeness (QED) is 0.464. The normalized spacial score (nSPS) is 12.9. The third-order valence-electron chi connectivity index (χ3n) is 3.70. The number of rotatable bonds is 10. The van der Waals surface area contributed by atoms with Gasteiger partial charge in [-0.1, -0.05) is 0 Å². The summed E-state index contributed by atoms with van der Waals surface area (Å²) in [5.41, 5.74) is -0.415. The van der Waals surface area contributed by atoms with Crippen molar-refractivity contribution in [3.63, 3.8) is 0 Å². The molecule has 0 aliphatic carbocycles. The third kappa shape index (κ3) is 5.07. The molecule has 1 aromatic heterocycles. The van der Waals surface area contributed by atoms with Crippen LogP contribution in [0.5, 0.6) is 17.2 Å². The predicted octanol–water partition coefficient (Wildman–Crippen LogP) is 3.91. The topological polar surface area (TPSA) is 112 Å². The summed E-state index contributed by atoms with van der Waals surface area (Å²) >= 11 is 0. The molecule has 10 heteroatoms. The fourth-order valence-corrected chi connectivity index (χ4v) is 4.36. The van der Waals surface area contributed by atoms with Crippen LogP contribution >= 0.6 is 7.60 Å². The van der Waals surface area contributed by atoms with E-state index in [1.807, 2.05) is 0 Å². The van der Waals surface area contributed by atoms with E-state index in [4.69, 9.17) is 18.5 Å². The van der Waals surface area contributed by atoms with Crippen molar-refractivity contribution in [1.29, 1.82) is 0 Å². The van der Waals surface area contributed by atoms with E-state index >= 15 is 0 Å². The van der Waals surface area contributed by atoms with Crippen molar-refractivity contribution in [1.82, 2.24) is 9.97 Å². The SMILES string of the molecule is CCOP(=O)(OCC)C(C=Nc1cnccn1)c1cc(OC)c(O)c(OC)c1. The van der Waals surface area contributed by atoms with Crippen LogP contribution in [0.15, 0.2) is 35.7 Å². The second-order valence-corrected chi connectivity index (χ2v) is 7.59. The van der Waals surface area contributed by atoms with Gasteiger partial charge in [0.05, 0.1) is 33.6 Å². The number of aromatic hydroxyl groups is 1. The van der Waals surface area contributed by atoms with Crippen LogP contribution in [0.3, 0.4) is 0 Å². The molecule has 28 heavy (non-hydrogen) atoms. The Kier molecular flexibility index (Phi) is 7.92. The van der Waals surface area contributed by atoms with Crippen molar-refractivity contribution in [2.45, 2.75) is 19.5 Å². The van der Waals surface area contributed by atoms with Gasteiger partial charge in [-0.2, -0.15) is 0 Å². The molecule has 1 atom stereocenters. The lowest BCUT2D eigenvalue weighted by Gasteiger charge is -2.24. The van der Waals surface area contributed by atoms with Crippen LogP contribution in [-0.2, 0) is 13.6 Å². The standard InChI is InChI=1S/C18H24N3O6P/c1-5-26-28(23,27-6-2)16(11-21-17-12-19-7-8-20-17)13-9-14(24-3)18(22)15(10-13)25-4/h7-12,16,22H,5-6H2,1-4H3. The van der Waals surface area contributed by atoms with Crippen LogP contribution in [0.2, 0.25) is 0 Å². The molecule has 0 radical (unpaired) electrons. The van der Waals surface area contributed by atoms with Gasteiger partial charge in [-0.05, 0) is 31.5 Å². The molecule has 0 spiro atoms. The van der Waals surface area contributed by atoms with Gasteiger partial charge >= 0.3 is 7.60 Å². The van der Waals surface area contributed by atoms with E-state index in [0.29, 0.717) is 11.4 Å². The largest absolute Gasteiger partial charge is 0.502 e. The Morgan fingerprint density at radius 3 is 2.21 bits per heavy atom. The summed E-state index contributed by atoms with van der Waals surface area (Å²) in [5, 5.41) is 10.2. The maximum atomic E-state index is 13.5. The highest BCUT2D eigenvalue weighted by Crippen LogP contribution is 2.61. The van der Waals surface area contributed by atoms with E-state index in [9.17, 15) is 9.67 Å². The molecule has 0 aliphatic heterocycles. The highest BCUT2D eigenvalue weighted by atomic mass is 31.2. The molecule has 2 aromatic rings. The second-order valence-electron chi connectivity index (χ2n) is 5.44. The summed E-state index contributed by atoms with van der Waals surface area (Å²) < 4.78 is 34.9. The van der Waals surface area contributed by atoms with Crippen LogP contribution in [0.4, 0.5) is 5.82 Å². The predicted molar refractivity (Wildman–Crippen MR) is 105 cm³/mol.